The number of aromatic nitrogens is 1. The summed E-state index contributed by atoms with van der Waals surface area (Å²) in [7, 11) is 0. The van der Waals surface area contributed by atoms with E-state index in [4.69, 9.17) is 11.6 Å². The van der Waals surface area contributed by atoms with Crippen LogP contribution >= 0.6 is 27.5 Å². The van der Waals surface area contributed by atoms with Crippen LogP contribution in [0.15, 0.2) is 41.1 Å². The Hall–Kier alpha value is -1.59. The second-order valence-corrected chi connectivity index (χ2v) is 7.28. The van der Waals surface area contributed by atoms with Gasteiger partial charge in [0.15, 0.2) is 0 Å². The Morgan fingerprint density at radius 2 is 1.96 bits per heavy atom. The van der Waals surface area contributed by atoms with Gasteiger partial charge in [0.25, 0.3) is 0 Å². The Bertz CT molecular complexity index is 767. The Morgan fingerprint density at radius 1 is 1.22 bits per heavy atom. The fraction of sp³-hybridized carbons (Fsp3) is 0.294. The number of hydrogen-bond donors (Lipinski definition) is 1. The third-order valence-corrected chi connectivity index (χ3v) is 5.74. The smallest absolute Gasteiger partial charge is 0.235 e. The van der Waals surface area contributed by atoms with E-state index in [1.807, 2.05) is 18.2 Å². The molecule has 1 saturated heterocycles. The van der Waals surface area contributed by atoms with Gasteiger partial charge in [-0.1, -0.05) is 29.8 Å². The average molecular weight is 393 g/mol. The van der Waals surface area contributed by atoms with Crippen molar-refractivity contribution in [2.75, 3.05) is 23.3 Å². The van der Waals surface area contributed by atoms with Crippen molar-refractivity contribution in [3.05, 3.63) is 51.7 Å². The van der Waals surface area contributed by atoms with Crippen LogP contribution in [0.2, 0.25) is 5.02 Å². The molecule has 23 heavy (non-hydrogen) atoms. The van der Waals surface area contributed by atoms with Gasteiger partial charge in [0.1, 0.15) is 0 Å². The van der Waals surface area contributed by atoms with Crippen LogP contribution in [0.3, 0.4) is 0 Å². The average Bonchev–Trinajstić information content (AvgIpc) is 2.82. The third kappa shape index (κ3) is 2.25. The number of halogens is 2. The molecule has 2 aromatic rings. The molecule has 0 radical (unpaired) electrons. The van der Waals surface area contributed by atoms with Crippen LogP contribution in [0, 0.1) is 0 Å². The number of fused-ring (bicyclic) bond motifs is 2. The first-order chi connectivity index (χ1) is 11.1. The standard InChI is InChI=1S/C17H15BrClN3O/c18-12-9-20-10-13(19)15(12)22-7-5-17(6-8-22)11-3-1-2-4-14(11)21-16(17)23/h1-4,9-10H,5-8H2,(H,21,23). The van der Waals surface area contributed by atoms with Gasteiger partial charge in [-0.15, -0.1) is 0 Å². The molecule has 1 aromatic heterocycles. The zero-order valence-electron chi connectivity index (χ0n) is 12.4. The predicted octanol–water partition coefficient (Wildman–Crippen LogP) is 3.99. The van der Waals surface area contributed by atoms with Gasteiger partial charge >= 0.3 is 0 Å². The predicted molar refractivity (Wildman–Crippen MR) is 95.1 cm³/mol. The first kappa shape index (κ1) is 15.0. The largest absolute Gasteiger partial charge is 0.369 e. The Kier molecular flexibility index (Phi) is 3.58. The first-order valence-corrected chi connectivity index (χ1v) is 8.74. The lowest BCUT2D eigenvalue weighted by atomic mass is 9.73. The Morgan fingerprint density at radius 3 is 2.70 bits per heavy atom. The van der Waals surface area contributed by atoms with Crippen LogP contribution in [0.25, 0.3) is 0 Å². The van der Waals surface area contributed by atoms with Crippen molar-refractivity contribution in [2.24, 2.45) is 0 Å². The van der Waals surface area contributed by atoms with E-state index in [1.165, 1.54) is 0 Å². The number of piperidine rings is 1. The molecule has 1 N–H and O–H groups in total. The molecule has 4 nitrogen and oxygen atoms in total. The number of carbonyl (C=O) groups excluding carboxylic acids is 1. The molecule has 4 rings (SSSR count). The zero-order valence-corrected chi connectivity index (χ0v) is 14.7. The summed E-state index contributed by atoms with van der Waals surface area (Å²) in [4.78, 5) is 18.9. The molecular formula is C17H15BrClN3O. The molecule has 2 aliphatic heterocycles. The molecule has 3 heterocycles. The molecular weight excluding hydrogens is 378 g/mol. The van der Waals surface area contributed by atoms with Gasteiger partial charge in [-0.25, -0.2) is 0 Å². The second kappa shape index (κ2) is 5.49. The van der Waals surface area contributed by atoms with Crippen LogP contribution < -0.4 is 10.2 Å². The summed E-state index contributed by atoms with van der Waals surface area (Å²) in [6.45, 7) is 1.56. The molecule has 0 saturated carbocycles. The minimum absolute atomic E-state index is 0.123. The highest BCUT2D eigenvalue weighted by atomic mass is 79.9. The molecule has 2 aliphatic rings. The molecule has 6 heteroatoms. The quantitative estimate of drug-likeness (QED) is 0.798. The normalized spacial score (nSPS) is 18.9. The van der Waals surface area contributed by atoms with Crippen molar-refractivity contribution >= 4 is 44.8 Å². The summed E-state index contributed by atoms with van der Waals surface area (Å²) in [5.74, 6) is 0.123. The van der Waals surface area contributed by atoms with Crippen molar-refractivity contribution in [2.45, 2.75) is 18.3 Å². The topological polar surface area (TPSA) is 45.2 Å². The van der Waals surface area contributed by atoms with Crippen molar-refractivity contribution in [1.29, 1.82) is 0 Å². The Balaban J connectivity index is 1.64. The number of rotatable bonds is 1. The maximum absolute atomic E-state index is 12.6. The second-order valence-electron chi connectivity index (χ2n) is 6.02. The van der Waals surface area contributed by atoms with Gasteiger partial charge in [0.05, 0.1) is 20.6 Å². The van der Waals surface area contributed by atoms with Crippen molar-refractivity contribution in [3.8, 4) is 0 Å². The molecule has 0 aliphatic carbocycles. The molecule has 1 aromatic carbocycles. The molecule has 0 atom stereocenters. The van der Waals surface area contributed by atoms with E-state index >= 15 is 0 Å². The lowest BCUT2D eigenvalue weighted by Gasteiger charge is -2.39. The highest BCUT2D eigenvalue weighted by molar-refractivity contribution is 9.10. The van der Waals surface area contributed by atoms with Crippen molar-refractivity contribution in [1.82, 2.24) is 4.98 Å². The maximum Gasteiger partial charge on any atom is 0.235 e. The summed E-state index contributed by atoms with van der Waals surface area (Å²) in [6.07, 6.45) is 4.97. The van der Waals surface area contributed by atoms with E-state index in [0.29, 0.717) is 5.02 Å². The fourth-order valence-electron chi connectivity index (χ4n) is 3.69. The van der Waals surface area contributed by atoms with Crippen molar-refractivity contribution < 1.29 is 4.79 Å². The number of benzene rings is 1. The lowest BCUT2D eigenvalue weighted by Crippen LogP contribution is -2.46. The van der Waals surface area contributed by atoms with Gasteiger partial charge in [0.2, 0.25) is 5.91 Å². The van der Waals surface area contributed by atoms with Crippen LogP contribution in [-0.4, -0.2) is 24.0 Å². The van der Waals surface area contributed by atoms with Crippen LogP contribution in [0.4, 0.5) is 11.4 Å². The highest BCUT2D eigenvalue weighted by Gasteiger charge is 2.48. The number of carbonyl (C=O) groups is 1. The zero-order chi connectivity index (χ0) is 16.0. The number of hydrogen-bond acceptors (Lipinski definition) is 3. The molecule has 1 amide bonds. The SMILES string of the molecule is O=C1Nc2ccccc2C12CCN(c1c(Cl)cncc1Br)CC2. The molecule has 118 valence electrons. The van der Waals surface area contributed by atoms with Gasteiger partial charge < -0.3 is 10.2 Å². The number of nitrogens with one attached hydrogen (secondary N) is 1. The minimum Gasteiger partial charge on any atom is -0.369 e. The Labute approximate surface area is 148 Å². The summed E-state index contributed by atoms with van der Waals surface area (Å²) >= 11 is 9.84. The van der Waals surface area contributed by atoms with E-state index in [1.54, 1.807) is 12.4 Å². The first-order valence-electron chi connectivity index (χ1n) is 7.57. The van der Waals surface area contributed by atoms with Gasteiger partial charge in [-0.05, 0) is 40.4 Å². The number of amides is 1. The van der Waals surface area contributed by atoms with Crippen LogP contribution in [-0.2, 0) is 10.2 Å². The molecule has 0 bridgehead atoms. The molecule has 0 unspecified atom stereocenters. The maximum atomic E-state index is 12.6. The number of pyridine rings is 1. The third-order valence-electron chi connectivity index (χ3n) is 4.89. The minimum atomic E-state index is -0.404. The van der Waals surface area contributed by atoms with Gasteiger partial charge in [0, 0.05) is 31.2 Å². The number of anilines is 2. The summed E-state index contributed by atoms with van der Waals surface area (Å²) in [5.41, 5.74) is 2.64. The summed E-state index contributed by atoms with van der Waals surface area (Å²) in [5, 5.41) is 3.66. The van der Waals surface area contributed by atoms with E-state index in [-0.39, 0.29) is 5.91 Å². The number of para-hydroxylation sites is 1. The van der Waals surface area contributed by atoms with Crippen LogP contribution in [0.5, 0.6) is 0 Å². The summed E-state index contributed by atoms with van der Waals surface area (Å²) in [6, 6.07) is 8.01. The van der Waals surface area contributed by atoms with E-state index in [9.17, 15) is 4.79 Å². The van der Waals surface area contributed by atoms with Gasteiger partial charge in [-0.3, -0.25) is 9.78 Å². The monoisotopic (exact) mass is 391 g/mol. The fourth-order valence-corrected chi connectivity index (χ4v) is 4.66. The van der Waals surface area contributed by atoms with E-state index in [0.717, 1.165) is 47.3 Å². The lowest BCUT2D eigenvalue weighted by molar-refractivity contribution is -0.121. The van der Waals surface area contributed by atoms with E-state index in [2.05, 4.69) is 37.2 Å². The van der Waals surface area contributed by atoms with Gasteiger partial charge in [-0.2, -0.15) is 0 Å². The number of nitrogens with zero attached hydrogens (tertiary/aromatic N) is 2. The molecule has 1 spiro atoms. The van der Waals surface area contributed by atoms with E-state index < -0.39 is 5.41 Å². The van der Waals surface area contributed by atoms with Crippen molar-refractivity contribution in [3.63, 3.8) is 0 Å². The highest BCUT2D eigenvalue weighted by Crippen LogP contribution is 2.46. The van der Waals surface area contributed by atoms with Crippen LogP contribution in [0.1, 0.15) is 18.4 Å². The molecule has 1 fully saturated rings. The summed E-state index contributed by atoms with van der Waals surface area (Å²) < 4.78 is 0.886.